The van der Waals surface area contributed by atoms with Crippen LogP contribution in [-0.4, -0.2) is 67.5 Å². The van der Waals surface area contributed by atoms with Gasteiger partial charge in [0.1, 0.15) is 6.04 Å². The summed E-state index contributed by atoms with van der Waals surface area (Å²) in [5.41, 5.74) is 0.705. The lowest BCUT2D eigenvalue weighted by atomic mass is 10.1. The van der Waals surface area contributed by atoms with Gasteiger partial charge in [0.2, 0.25) is 11.8 Å². The van der Waals surface area contributed by atoms with E-state index in [0.717, 1.165) is 31.8 Å². The first-order valence-electron chi connectivity index (χ1n) is 8.84. The summed E-state index contributed by atoms with van der Waals surface area (Å²) in [7, 11) is 2.03. The van der Waals surface area contributed by atoms with Crippen molar-refractivity contribution < 1.29 is 9.32 Å². The van der Waals surface area contributed by atoms with Crippen LogP contribution in [0.3, 0.4) is 0 Å². The molecule has 1 aliphatic heterocycles. The second kappa shape index (κ2) is 6.55. The van der Waals surface area contributed by atoms with E-state index in [1.54, 1.807) is 4.68 Å². The van der Waals surface area contributed by atoms with E-state index in [1.807, 2.05) is 25.1 Å². The molecule has 1 atom stereocenters. The van der Waals surface area contributed by atoms with Crippen LogP contribution in [0.2, 0.25) is 0 Å². The topological polar surface area (TPSA) is 93.2 Å². The molecule has 2 fully saturated rings. The molecular weight excluding hydrogens is 322 g/mol. The third-order valence-corrected chi connectivity index (χ3v) is 4.93. The molecule has 0 N–H and O–H groups in total. The molecule has 9 heteroatoms. The molecule has 0 spiro atoms. The first-order valence-corrected chi connectivity index (χ1v) is 8.84. The summed E-state index contributed by atoms with van der Waals surface area (Å²) in [5, 5.41) is 12.1. The highest BCUT2D eigenvalue weighted by atomic mass is 16.5. The summed E-state index contributed by atoms with van der Waals surface area (Å²) in [4.78, 5) is 21.2. The Morgan fingerprint density at radius 1 is 1.36 bits per heavy atom. The van der Waals surface area contributed by atoms with Gasteiger partial charge in [0.25, 0.3) is 0 Å². The van der Waals surface area contributed by atoms with Gasteiger partial charge in [-0.2, -0.15) is 4.98 Å². The Labute approximate surface area is 146 Å². The zero-order chi connectivity index (χ0) is 17.4. The van der Waals surface area contributed by atoms with Crippen molar-refractivity contribution in [1.29, 1.82) is 0 Å². The first-order chi connectivity index (χ1) is 12.1. The fraction of sp³-hybridized carbons (Fsp3) is 0.688. The maximum absolute atomic E-state index is 12.6. The SMILES string of the molecule is CCn1cc(CC(=O)N2CCN(C)C(c3nc(C4CC4)no3)C2)nn1. The Morgan fingerprint density at radius 2 is 2.20 bits per heavy atom. The van der Waals surface area contributed by atoms with Crippen LogP contribution in [0.15, 0.2) is 10.7 Å². The third-order valence-electron chi connectivity index (χ3n) is 4.93. The summed E-state index contributed by atoms with van der Waals surface area (Å²) < 4.78 is 7.20. The highest BCUT2D eigenvalue weighted by molar-refractivity contribution is 5.78. The van der Waals surface area contributed by atoms with Gasteiger partial charge >= 0.3 is 0 Å². The van der Waals surface area contributed by atoms with Crippen LogP contribution in [0.5, 0.6) is 0 Å². The molecule has 1 saturated carbocycles. The van der Waals surface area contributed by atoms with Crippen molar-refractivity contribution in [3.63, 3.8) is 0 Å². The zero-order valence-corrected chi connectivity index (χ0v) is 14.6. The number of carbonyl (C=O) groups is 1. The Morgan fingerprint density at radius 3 is 2.92 bits per heavy atom. The fourth-order valence-corrected chi connectivity index (χ4v) is 3.10. The van der Waals surface area contributed by atoms with E-state index in [0.29, 0.717) is 30.6 Å². The molecule has 1 aliphatic carbocycles. The minimum Gasteiger partial charge on any atom is -0.339 e. The minimum atomic E-state index is -0.0518. The number of likely N-dealkylation sites (N-methyl/N-ethyl adjacent to an activating group) is 1. The third kappa shape index (κ3) is 3.41. The average molecular weight is 345 g/mol. The molecule has 0 aromatic carbocycles. The Hall–Kier alpha value is -2.29. The van der Waals surface area contributed by atoms with Crippen molar-refractivity contribution in [1.82, 2.24) is 34.9 Å². The maximum atomic E-state index is 12.6. The molecule has 0 radical (unpaired) electrons. The van der Waals surface area contributed by atoms with Gasteiger partial charge in [0, 0.05) is 38.3 Å². The number of hydrogen-bond acceptors (Lipinski definition) is 7. The van der Waals surface area contributed by atoms with Gasteiger partial charge in [-0.1, -0.05) is 10.4 Å². The van der Waals surface area contributed by atoms with Gasteiger partial charge in [0.15, 0.2) is 5.82 Å². The van der Waals surface area contributed by atoms with Crippen LogP contribution < -0.4 is 0 Å². The molecular formula is C16H23N7O2. The molecule has 134 valence electrons. The molecule has 25 heavy (non-hydrogen) atoms. The van der Waals surface area contributed by atoms with Crippen LogP contribution in [0.4, 0.5) is 0 Å². The lowest BCUT2D eigenvalue weighted by Gasteiger charge is -2.37. The number of amides is 1. The summed E-state index contributed by atoms with van der Waals surface area (Å²) in [6.07, 6.45) is 4.38. The van der Waals surface area contributed by atoms with Crippen LogP contribution in [0, 0.1) is 0 Å². The van der Waals surface area contributed by atoms with Crippen molar-refractivity contribution >= 4 is 5.91 Å². The molecule has 1 amide bonds. The fourth-order valence-electron chi connectivity index (χ4n) is 3.10. The highest BCUT2D eigenvalue weighted by Gasteiger charge is 2.35. The number of carbonyl (C=O) groups excluding carboxylic acids is 1. The van der Waals surface area contributed by atoms with Gasteiger partial charge in [-0.3, -0.25) is 14.4 Å². The van der Waals surface area contributed by atoms with Crippen LogP contribution in [-0.2, 0) is 17.8 Å². The minimum absolute atomic E-state index is 0.0518. The van der Waals surface area contributed by atoms with E-state index in [-0.39, 0.29) is 18.4 Å². The smallest absolute Gasteiger partial charge is 0.245 e. The monoisotopic (exact) mass is 345 g/mol. The second-order valence-electron chi connectivity index (χ2n) is 6.84. The number of nitrogens with zero attached hydrogens (tertiary/aromatic N) is 7. The normalized spacial score (nSPS) is 21.7. The van der Waals surface area contributed by atoms with E-state index >= 15 is 0 Å². The van der Waals surface area contributed by atoms with Crippen LogP contribution in [0.1, 0.15) is 49.1 Å². The second-order valence-corrected chi connectivity index (χ2v) is 6.84. The molecule has 3 heterocycles. The zero-order valence-electron chi connectivity index (χ0n) is 14.6. The Balaban J connectivity index is 1.42. The Kier molecular flexibility index (Phi) is 4.24. The lowest BCUT2D eigenvalue weighted by Crippen LogP contribution is -2.49. The number of hydrogen-bond donors (Lipinski definition) is 0. The van der Waals surface area contributed by atoms with E-state index in [4.69, 9.17) is 4.52 Å². The van der Waals surface area contributed by atoms with E-state index in [1.165, 1.54) is 0 Å². The van der Waals surface area contributed by atoms with Gasteiger partial charge in [-0.15, -0.1) is 5.10 Å². The van der Waals surface area contributed by atoms with E-state index in [2.05, 4.69) is 25.4 Å². The molecule has 1 saturated heterocycles. The largest absolute Gasteiger partial charge is 0.339 e. The molecule has 9 nitrogen and oxygen atoms in total. The Bertz CT molecular complexity index is 751. The molecule has 2 aromatic rings. The molecule has 1 unspecified atom stereocenters. The molecule has 2 aromatic heterocycles. The molecule has 0 bridgehead atoms. The standard InChI is InChI=1S/C16H23N7O2/c1-3-23-9-12(18-20-23)8-14(24)22-7-6-21(2)13(10-22)16-17-15(19-25-16)11-4-5-11/h9,11,13H,3-8,10H2,1-2H3. The van der Waals surface area contributed by atoms with E-state index in [9.17, 15) is 4.79 Å². The quantitative estimate of drug-likeness (QED) is 0.784. The summed E-state index contributed by atoms with van der Waals surface area (Å²) in [5.74, 6) is 1.94. The van der Waals surface area contributed by atoms with Crippen molar-refractivity contribution in [2.24, 2.45) is 0 Å². The van der Waals surface area contributed by atoms with Crippen molar-refractivity contribution in [2.75, 3.05) is 26.7 Å². The summed E-state index contributed by atoms with van der Waals surface area (Å²) >= 11 is 0. The van der Waals surface area contributed by atoms with Crippen molar-refractivity contribution in [2.45, 2.75) is 44.7 Å². The maximum Gasteiger partial charge on any atom is 0.245 e. The van der Waals surface area contributed by atoms with E-state index < -0.39 is 0 Å². The number of aryl methyl sites for hydroxylation is 1. The number of aromatic nitrogens is 5. The van der Waals surface area contributed by atoms with Gasteiger partial charge < -0.3 is 9.42 Å². The van der Waals surface area contributed by atoms with Crippen LogP contribution in [0.25, 0.3) is 0 Å². The van der Waals surface area contributed by atoms with Gasteiger partial charge in [-0.05, 0) is 26.8 Å². The first kappa shape index (κ1) is 16.2. The van der Waals surface area contributed by atoms with Gasteiger partial charge in [0.05, 0.1) is 12.1 Å². The summed E-state index contributed by atoms with van der Waals surface area (Å²) in [6, 6.07) is -0.0518. The highest BCUT2D eigenvalue weighted by Crippen LogP contribution is 2.38. The number of piperazine rings is 1. The molecule has 4 rings (SSSR count). The average Bonchev–Trinajstić information content (AvgIpc) is 3.17. The lowest BCUT2D eigenvalue weighted by molar-refractivity contribution is -0.133. The predicted molar refractivity (Wildman–Crippen MR) is 87.6 cm³/mol. The molecule has 2 aliphatic rings. The predicted octanol–water partition coefficient (Wildman–Crippen LogP) is 0.616. The van der Waals surface area contributed by atoms with Crippen molar-refractivity contribution in [3.8, 4) is 0 Å². The van der Waals surface area contributed by atoms with Crippen molar-refractivity contribution in [3.05, 3.63) is 23.6 Å². The number of rotatable bonds is 5. The van der Waals surface area contributed by atoms with Gasteiger partial charge in [-0.25, -0.2) is 0 Å². The van der Waals surface area contributed by atoms with Crippen LogP contribution >= 0.6 is 0 Å². The summed E-state index contributed by atoms with van der Waals surface area (Å²) in [6.45, 7) is 4.77.